The van der Waals surface area contributed by atoms with Crippen LogP contribution in [0.25, 0.3) is 11.3 Å². The van der Waals surface area contributed by atoms with E-state index in [-0.39, 0.29) is 5.91 Å². The zero-order valence-electron chi connectivity index (χ0n) is 13.7. The average molecular weight is 341 g/mol. The first-order valence-electron chi connectivity index (χ1n) is 7.50. The highest BCUT2D eigenvalue weighted by molar-refractivity contribution is 6.34. The Kier molecular flexibility index (Phi) is 4.36. The highest BCUT2D eigenvalue weighted by atomic mass is 35.5. The Labute approximate surface area is 145 Å². The molecule has 6 heteroatoms. The van der Waals surface area contributed by atoms with Crippen LogP contribution in [0.4, 0.5) is 5.82 Å². The molecule has 122 valence electrons. The van der Waals surface area contributed by atoms with Gasteiger partial charge in [-0.1, -0.05) is 23.7 Å². The predicted molar refractivity (Wildman–Crippen MR) is 95.3 cm³/mol. The molecule has 0 atom stereocenters. The minimum absolute atomic E-state index is 0.274. The largest absolute Gasteiger partial charge is 0.307 e. The first kappa shape index (κ1) is 16.2. The standard InChI is InChI=1S/C18H17ClN4O/c1-11-12(2)22-23(3)17(11)21-18(24)14-10-13(7-8-15(14)19)16-6-4-5-9-20-16/h4-10H,1-3H3,(H,21,24). The van der Waals surface area contributed by atoms with Crippen LogP contribution in [0.1, 0.15) is 21.6 Å². The zero-order valence-corrected chi connectivity index (χ0v) is 14.4. The van der Waals surface area contributed by atoms with E-state index in [0.717, 1.165) is 22.5 Å². The molecule has 3 rings (SSSR count). The summed E-state index contributed by atoms with van der Waals surface area (Å²) in [5.74, 6) is 0.390. The summed E-state index contributed by atoms with van der Waals surface area (Å²) in [6, 6.07) is 10.9. The quantitative estimate of drug-likeness (QED) is 0.783. The second-order valence-corrected chi connectivity index (χ2v) is 5.95. The number of amides is 1. The van der Waals surface area contributed by atoms with Gasteiger partial charge < -0.3 is 5.32 Å². The third-order valence-electron chi connectivity index (χ3n) is 3.93. The van der Waals surface area contributed by atoms with Crippen molar-refractivity contribution in [2.45, 2.75) is 13.8 Å². The maximum atomic E-state index is 12.7. The van der Waals surface area contributed by atoms with Crippen LogP contribution >= 0.6 is 11.6 Å². The summed E-state index contributed by atoms with van der Waals surface area (Å²) >= 11 is 6.23. The van der Waals surface area contributed by atoms with E-state index in [4.69, 9.17) is 11.6 Å². The van der Waals surface area contributed by atoms with E-state index in [0.29, 0.717) is 16.4 Å². The lowest BCUT2D eigenvalue weighted by Crippen LogP contribution is -2.16. The van der Waals surface area contributed by atoms with Crippen molar-refractivity contribution in [1.29, 1.82) is 0 Å². The third kappa shape index (κ3) is 3.03. The van der Waals surface area contributed by atoms with Gasteiger partial charge in [-0.2, -0.15) is 5.10 Å². The van der Waals surface area contributed by atoms with Crippen molar-refractivity contribution in [3.8, 4) is 11.3 Å². The van der Waals surface area contributed by atoms with Crippen LogP contribution in [-0.2, 0) is 7.05 Å². The SMILES string of the molecule is Cc1nn(C)c(NC(=O)c2cc(-c3ccccn3)ccc2Cl)c1C. The number of carbonyl (C=O) groups excluding carboxylic acids is 1. The third-order valence-corrected chi connectivity index (χ3v) is 4.25. The fourth-order valence-corrected chi connectivity index (χ4v) is 2.71. The van der Waals surface area contributed by atoms with Gasteiger partial charge in [0.05, 0.1) is 22.0 Å². The van der Waals surface area contributed by atoms with E-state index in [1.807, 2.05) is 38.1 Å². The Morgan fingerprint density at radius 3 is 2.62 bits per heavy atom. The number of pyridine rings is 1. The number of anilines is 1. The Balaban J connectivity index is 1.95. The van der Waals surface area contributed by atoms with Crippen LogP contribution in [0.3, 0.4) is 0 Å². The summed E-state index contributed by atoms with van der Waals surface area (Å²) in [7, 11) is 1.79. The van der Waals surface area contributed by atoms with E-state index in [1.165, 1.54) is 0 Å². The monoisotopic (exact) mass is 340 g/mol. The molecule has 0 aliphatic heterocycles. The molecule has 0 radical (unpaired) electrons. The summed E-state index contributed by atoms with van der Waals surface area (Å²) in [6.45, 7) is 3.82. The second-order valence-electron chi connectivity index (χ2n) is 5.55. The highest BCUT2D eigenvalue weighted by Crippen LogP contribution is 2.25. The Morgan fingerprint density at radius 2 is 2.00 bits per heavy atom. The van der Waals surface area contributed by atoms with Crippen LogP contribution in [0, 0.1) is 13.8 Å². The fourth-order valence-electron chi connectivity index (χ4n) is 2.51. The first-order valence-corrected chi connectivity index (χ1v) is 7.87. The maximum Gasteiger partial charge on any atom is 0.258 e. The maximum absolute atomic E-state index is 12.7. The first-order chi connectivity index (χ1) is 11.5. The lowest BCUT2D eigenvalue weighted by molar-refractivity contribution is 0.102. The molecule has 0 unspecified atom stereocenters. The molecule has 1 N–H and O–H groups in total. The second kappa shape index (κ2) is 6.45. The van der Waals surface area contributed by atoms with Gasteiger partial charge in [0, 0.05) is 24.4 Å². The molecule has 2 heterocycles. The van der Waals surface area contributed by atoms with Crippen molar-refractivity contribution >= 4 is 23.3 Å². The fraction of sp³-hybridized carbons (Fsp3) is 0.167. The number of hydrogen-bond acceptors (Lipinski definition) is 3. The van der Waals surface area contributed by atoms with Crippen molar-refractivity contribution in [3.63, 3.8) is 0 Å². The van der Waals surface area contributed by atoms with Gasteiger partial charge in [-0.3, -0.25) is 14.5 Å². The van der Waals surface area contributed by atoms with Crippen molar-refractivity contribution in [3.05, 3.63) is 64.4 Å². The van der Waals surface area contributed by atoms with Crippen LogP contribution in [0.2, 0.25) is 5.02 Å². The van der Waals surface area contributed by atoms with Crippen molar-refractivity contribution < 1.29 is 4.79 Å². The molecule has 0 bridgehead atoms. The molecule has 2 aromatic heterocycles. The number of hydrogen-bond donors (Lipinski definition) is 1. The Hall–Kier alpha value is -2.66. The summed E-state index contributed by atoms with van der Waals surface area (Å²) < 4.78 is 1.65. The topological polar surface area (TPSA) is 59.8 Å². The van der Waals surface area contributed by atoms with E-state index >= 15 is 0 Å². The Bertz CT molecular complexity index is 903. The van der Waals surface area contributed by atoms with Crippen molar-refractivity contribution in [2.75, 3.05) is 5.32 Å². The molecule has 0 aliphatic carbocycles. The van der Waals surface area contributed by atoms with Gasteiger partial charge >= 0.3 is 0 Å². The van der Waals surface area contributed by atoms with Gasteiger partial charge in [-0.05, 0) is 38.1 Å². The number of nitrogens with zero attached hydrogens (tertiary/aromatic N) is 3. The highest BCUT2D eigenvalue weighted by Gasteiger charge is 2.16. The van der Waals surface area contributed by atoms with Gasteiger partial charge in [-0.15, -0.1) is 0 Å². The zero-order chi connectivity index (χ0) is 17.3. The number of nitrogens with one attached hydrogen (secondary N) is 1. The average Bonchev–Trinajstić information content (AvgIpc) is 2.82. The number of halogens is 1. The number of carbonyl (C=O) groups is 1. The van der Waals surface area contributed by atoms with E-state index in [1.54, 1.807) is 30.1 Å². The molecule has 1 amide bonds. The van der Waals surface area contributed by atoms with E-state index < -0.39 is 0 Å². The van der Waals surface area contributed by atoms with Gasteiger partial charge in [-0.25, -0.2) is 0 Å². The summed E-state index contributed by atoms with van der Waals surface area (Å²) in [6.07, 6.45) is 1.71. The number of benzene rings is 1. The lowest BCUT2D eigenvalue weighted by atomic mass is 10.1. The van der Waals surface area contributed by atoms with E-state index in [2.05, 4.69) is 15.4 Å². The molecule has 0 saturated carbocycles. The van der Waals surface area contributed by atoms with Crippen molar-refractivity contribution in [2.24, 2.45) is 7.05 Å². The molecule has 5 nitrogen and oxygen atoms in total. The molecule has 0 spiro atoms. The minimum atomic E-state index is -0.274. The summed E-state index contributed by atoms with van der Waals surface area (Å²) in [5.41, 5.74) is 3.83. The normalized spacial score (nSPS) is 10.7. The van der Waals surface area contributed by atoms with Crippen LogP contribution in [0.15, 0.2) is 42.6 Å². The predicted octanol–water partition coefficient (Wildman–Crippen LogP) is 4.00. The van der Waals surface area contributed by atoms with E-state index in [9.17, 15) is 4.79 Å². The lowest BCUT2D eigenvalue weighted by Gasteiger charge is -2.10. The molecule has 0 aliphatic rings. The molecule has 1 aromatic carbocycles. The molecule has 0 fully saturated rings. The van der Waals surface area contributed by atoms with Crippen LogP contribution in [0.5, 0.6) is 0 Å². The summed E-state index contributed by atoms with van der Waals surface area (Å²) in [5, 5.41) is 7.59. The van der Waals surface area contributed by atoms with Gasteiger partial charge in [0.1, 0.15) is 5.82 Å². The van der Waals surface area contributed by atoms with Crippen LogP contribution < -0.4 is 5.32 Å². The number of rotatable bonds is 3. The molecular formula is C18H17ClN4O. The van der Waals surface area contributed by atoms with Gasteiger partial charge in [0.15, 0.2) is 0 Å². The minimum Gasteiger partial charge on any atom is -0.307 e. The summed E-state index contributed by atoms with van der Waals surface area (Å²) in [4.78, 5) is 17.0. The number of aryl methyl sites for hydroxylation is 2. The van der Waals surface area contributed by atoms with Gasteiger partial charge in [0.25, 0.3) is 5.91 Å². The smallest absolute Gasteiger partial charge is 0.258 e. The Morgan fingerprint density at radius 1 is 1.21 bits per heavy atom. The number of aromatic nitrogens is 3. The molecular weight excluding hydrogens is 324 g/mol. The van der Waals surface area contributed by atoms with Crippen molar-refractivity contribution in [1.82, 2.24) is 14.8 Å². The molecule has 24 heavy (non-hydrogen) atoms. The molecule has 3 aromatic rings. The van der Waals surface area contributed by atoms with Crippen LogP contribution in [-0.4, -0.2) is 20.7 Å². The van der Waals surface area contributed by atoms with Gasteiger partial charge in [0.2, 0.25) is 0 Å². The molecule has 0 saturated heterocycles.